The first-order valence-electron chi connectivity index (χ1n) is 4.03. The van der Waals surface area contributed by atoms with E-state index in [2.05, 4.69) is 23.8 Å². The summed E-state index contributed by atoms with van der Waals surface area (Å²) in [5, 5.41) is 3.13. The van der Waals surface area contributed by atoms with Gasteiger partial charge in [0.1, 0.15) is 0 Å². The molecule has 0 radical (unpaired) electrons. The molecule has 12 heavy (non-hydrogen) atoms. The molecule has 2 nitrogen and oxygen atoms in total. The Bertz CT molecular complexity index is 251. The molecule has 1 heterocycles. The van der Waals surface area contributed by atoms with Gasteiger partial charge in [-0.2, -0.15) is 0 Å². The number of hydrogen-bond donors (Lipinski definition) is 1. The third-order valence-electron chi connectivity index (χ3n) is 1.92. The maximum absolute atomic E-state index is 4.29. The van der Waals surface area contributed by atoms with Crippen molar-refractivity contribution in [2.24, 2.45) is 0 Å². The van der Waals surface area contributed by atoms with Crippen LogP contribution < -0.4 is 5.32 Å². The maximum Gasteiger partial charge on any atom is 0.0570 e. The summed E-state index contributed by atoms with van der Waals surface area (Å²) in [4.78, 5) is 4.29. The molecule has 0 aromatic carbocycles. The zero-order valence-corrected chi connectivity index (χ0v) is 7.54. The van der Waals surface area contributed by atoms with E-state index in [9.17, 15) is 0 Å². The molecular weight excluding hydrogens is 148 g/mol. The Labute approximate surface area is 73.3 Å². The first-order chi connectivity index (χ1) is 5.77. The van der Waals surface area contributed by atoms with Gasteiger partial charge in [-0.1, -0.05) is 18.7 Å². The van der Waals surface area contributed by atoms with E-state index in [1.54, 1.807) is 6.08 Å². The van der Waals surface area contributed by atoms with E-state index in [4.69, 9.17) is 0 Å². The first-order valence-corrected chi connectivity index (χ1v) is 4.03. The lowest BCUT2D eigenvalue weighted by molar-refractivity contribution is 0.633. The van der Waals surface area contributed by atoms with Gasteiger partial charge in [0.05, 0.1) is 5.69 Å². The lowest BCUT2D eigenvalue weighted by atomic mass is 10.2. The molecule has 0 aliphatic carbocycles. The summed E-state index contributed by atoms with van der Waals surface area (Å²) in [6, 6.07) is 4.34. The van der Waals surface area contributed by atoms with E-state index in [-0.39, 0.29) is 0 Å². The monoisotopic (exact) mass is 162 g/mol. The fraction of sp³-hybridized carbons (Fsp3) is 0.300. The number of rotatable bonds is 3. The van der Waals surface area contributed by atoms with Gasteiger partial charge in [-0.3, -0.25) is 4.98 Å². The predicted molar refractivity (Wildman–Crippen MR) is 51.8 cm³/mol. The fourth-order valence-electron chi connectivity index (χ4n) is 0.942. The van der Waals surface area contributed by atoms with Gasteiger partial charge in [0, 0.05) is 12.2 Å². The van der Waals surface area contributed by atoms with E-state index < -0.39 is 0 Å². The molecule has 2 heteroatoms. The van der Waals surface area contributed by atoms with Crippen LogP contribution in [0.15, 0.2) is 24.9 Å². The Morgan fingerprint density at radius 3 is 2.75 bits per heavy atom. The van der Waals surface area contributed by atoms with E-state index in [1.807, 2.05) is 25.4 Å². The Morgan fingerprint density at radius 2 is 2.33 bits per heavy atom. The van der Waals surface area contributed by atoms with Crippen molar-refractivity contribution >= 4 is 6.08 Å². The Hall–Kier alpha value is -1.15. The highest BCUT2D eigenvalue weighted by atomic mass is 14.9. The van der Waals surface area contributed by atoms with Crippen LogP contribution >= 0.6 is 0 Å². The van der Waals surface area contributed by atoms with E-state index in [0.717, 1.165) is 11.3 Å². The minimum Gasteiger partial charge on any atom is -0.312 e. The van der Waals surface area contributed by atoms with E-state index >= 15 is 0 Å². The first kappa shape index (κ1) is 8.94. The molecule has 0 fully saturated rings. The van der Waals surface area contributed by atoms with E-state index in [0.29, 0.717) is 6.04 Å². The summed E-state index contributed by atoms with van der Waals surface area (Å²) in [6.07, 6.45) is 3.62. The Morgan fingerprint density at radius 1 is 1.58 bits per heavy atom. The molecule has 1 aromatic heterocycles. The minimum absolute atomic E-state index is 0.309. The average molecular weight is 162 g/mol. The highest BCUT2D eigenvalue weighted by Gasteiger charge is 2.01. The maximum atomic E-state index is 4.29. The second-order valence-electron chi connectivity index (χ2n) is 2.73. The summed E-state index contributed by atoms with van der Waals surface area (Å²) >= 11 is 0. The van der Waals surface area contributed by atoms with Gasteiger partial charge in [0.2, 0.25) is 0 Å². The van der Waals surface area contributed by atoms with Gasteiger partial charge in [0.25, 0.3) is 0 Å². The molecule has 1 atom stereocenters. The van der Waals surface area contributed by atoms with Crippen molar-refractivity contribution in [2.75, 3.05) is 7.05 Å². The second-order valence-corrected chi connectivity index (χ2v) is 2.73. The molecule has 0 spiro atoms. The van der Waals surface area contributed by atoms with Crippen LogP contribution in [0, 0.1) is 0 Å². The predicted octanol–water partition coefficient (Wildman–Crippen LogP) is 2.00. The van der Waals surface area contributed by atoms with Crippen molar-refractivity contribution in [2.45, 2.75) is 13.0 Å². The van der Waals surface area contributed by atoms with Crippen LogP contribution in [0.25, 0.3) is 6.08 Å². The highest BCUT2D eigenvalue weighted by molar-refractivity contribution is 5.45. The lowest BCUT2D eigenvalue weighted by Gasteiger charge is -2.08. The Kier molecular flexibility index (Phi) is 3.00. The average Bonchev–Trinajstić information content (AvgIpc) is 2.17. The molecule has 1 rings (SSSR count). The van der Waals surface area contributed by atoms with Gasteiger partial charge in [-0.05, 0) is 25.6 Å². The SMILES string of the molecule is C=Cc1ccc([C@H](C)NC)nc1. The highest BCUT2D eigenvalue weighted by Crippen LogP contribution is 2.09. The van der Waals surface area contributed by atoms with Crippen molar-refractivity contribution in [1.82, 2.24) is 10.3 Å². The van der Waals surface area contributed by atoms with Crippen LogP contribution in [0.1, 0.15) is 24.2 Å². The molecule has 0 aliphatic heterocycles. The molecule has 0 unspecified atom stereocenters. The van der Waals surface area contributed by atoms with Crippen LogP contribution in [-0.4, -0.2) is 12.0 Å². The quantitative estimate of drug-likeness (QED) is 0.735. The third-order valence-corrected chi connectivity index (χ3v) is 1.92. The molecule has 1 aromatic rings. The summed E-state index contributed by atoms with van der Waals surface area (Å²) in [7, 11) is 1.92. The van der Waals surface area contributed by atoms with Gasteiger partial charge < -0.3 is 5.32 Å². The van der Waals surface area contributed by atoms with Crippen LogP contribution in [-0.2, 0) is 0 Å². The molecular formula is C10H14N2. The van der Waals surface area contributed by atoms with Crippen molar-refractivity contribution in [3.63, 3.8) is 0 Å². The zero-order chi connectivity index (χ0) is 8.97. The summed E-state index contributed by atoms with van der Waals surface area (Å²) in [5.41, 5.74) is 2.12. The zero-order valence-electron chi connectivity index (χ0n) is 7.54. The van der Waals surface area contributed by atoms with Crippen molar-refractivity contribution in [1.29, 1.82) is 0 Å². The van der Waals surface area contributed by atoms with Gasteiger partial charge in [0.15, 0.2) is 0 Å². The van der Waals surface area contributed by atoms with Gasteiger partial charge >= 0.3 is 0 Å². The van der Waals surface area contributed by atoms with Crippen LogP contribution in [0.2, 0.25) is 0 Å². The summed E-state index contributed by atoms with van der Waals surface area (Å²) < 4.78 is 0. The Balaban J connectivity index is 2.84. The molecule has 0 aliphatic rings. The molecule has 0 saturated carbocycles. The third kappa shape index (κ3) is 1.92. The van der Waals surface area contributed by atoms with Crippen molar-refractivity contribution < 1.29 is 0 Å². The number of aromatic nitrogens is 1. The van der Waals surface area contributed by atoms with Crippen LogP contribution in [0.5, 0.6) is 0 Å². The van der Waals surface area contributed by atoms with Gasteiger partial charge in [-0.15, -0.1) is 0 Å². The summed E-state index contributed by atoms with van der Waals surface area (Å²) in [5.74, 6) is 0. The fourth-order valence-corrected chi connectivity index (χ4v) is 0.942. The lowest BCUT2D eigenvalue weighted by Crippen LogP contribution is -2.13. The molecule has 0 bridgehead atoms. The molecule has 64 valence electrons. The van der Waals surface area contributed by atoms with E-state index in [1.165, 1.54) is 0 Å². The topological polar surface area (TPSA) is 24.9 Å². The number of nitrogens with one attached hydrogen (secondary N) is 1. The largest absolute Gasteiger partial charge is 0.312 e. The molecule has 0 amide bonds. The number of nitrogens with zero attached hydrogens (tertiary/aromatic N) is 1. The minimum atomic E-state index is 0.309. The number of hydrogen-bond acceptors (Lipinski definition) is 2. The number of pyridine rings is 1. The summed E-state index contributed by atoms with van der Waals surface area (Å²) in [6.45, 7) is 5.75. The second kappa shape index (κ2) is 4.02. The van der Waals surface area contributed by atoms with Crippen molar-refractivity contribution in [3.8, 4) is 0 Å². The molecule has 1 N–H and O–H groups in total. The molecule has 0 saturated heterocycles. The van der Waals surface area contributed by atoms with Gasteiger partial charge in [-0.25, -0.2) is 0 Å². The van der Waals surface area contributed by atoms with Crippen LogP contribution in [0.4, 0.5) is 0 Å². The normalized spacial score (nSPS) is 12.5. The van der Waals surface area contributed by atoms with Crippen LogP contribution in [0.3, 0.4) is 0 Å². The van der Waals surface area contributed by atoms with Crippen molar-refractivity contribution in [3.05, 3.63) is 36.2 Å². The standard InChI is InChI=1S/C10H14N2/c1-4-9-5-6-10(12-7-9)8(2)11-3/h4-8,11H,1H2,2-3H3/t8-/m0/s1. The smallest absolute Gasteiger partial charge is 0.0570 e.